The number of para-hydroxylation sites is 1. The van der Waals surface area contributed by atoms with Crippen LogP contribution in [0.5, 0.6) is 0 Å². The zero-order valence-corrected chi connectivity index (χ0v) is 23.8. The van der Waals surface area contributed by atoms with E-state index < -0.39 is 35.6 Å². The Morgan fingerprint density at radius 1 is 1.34 bits per heavy atom. The number of anilines is 1. The molecule has 2 bridgehead atoms. The zero-order valence-electron chi connectivity index (χ0n) is 21.5. The molecule has 6 atom stereocenters. The highest BCUT2D eigenvalue weighted by Crippen LogP contribution is 2.60. The number of fused-ring (bicyclic) bond motifs is 1. The highest BCUT2D eigenvalue weighted by molar-refractivity contribution is 9.09. The summed E-state index contributed by atoms with van der Waals surface area (Å²) in [5.74, 6) is -2.90. The topological polar surface area (TPSA) is 96.4 Å². The summed E-state index contributed by atoms with van der Waals surface area (Å²) in [4.78, 5) is 44.5. The third-order valence-electron chi connectivity index (χ3n) is 7.69. The van der Waals surface area contributed by atoms with Gasteiger partial charge in [-0.05, 0) is 44.2 Å². The van der Waals surface area contributed by atoms with Gasteiger partial charge in [0.05, 0.1) is 35.3 Å². The van der Waals surface area contributed by atoms with Gasteiger partial charge in [0.15, 0.2) is 0 Å². The van der Waals surface area contributed by atoms with Gasteiger partial charge >= 0.3 is 5.97 Å². The molecule has 0 aliphatic carbocycles. The van der Waals surface area contributed by atoms with Crippen molar-refractivity contribution in [2.45, 2.75) is 55.2 Å². The van der Waals surface area contributed by atoms with E-state index in [0.717, 1.165) is 5.56 Å². The molecular weight excluding hydrogens is 576 g/mol. The number of aliphatic hydroxyl groups excluding tert-OH is 1. The van der Waals surface area contributed by atoms with Gasteiger partial charge < -0.3 is 24.4 Å². The van der Waals surface area contributed by atoms with E-state index in [1.165, 1.54) is 9.80 Å². The number of allylic oxidation sites excluding steroid dienone is 1. The van der Waals surface area contributed by atoms with Gasteiger partial charge in [-0.3, -0.25) is 14.4 Å². The number of aryl methyl sites for hydroxylation is 1. The van der Waals surface area contributed by atoms with E-state index in [9.17, 15) is 19.5 Å². The maximum absolute atomic E-state index is 14.5. The van der Waals surface area contributed by atoms with Crippen molar-refractivity contribution < 1.29 is 29.0 Å². The van der Waals surface area contributed by atoms with Crippen LogP contribution in [0.3, 0.4) is 0 Å². The minimum Gasteiger partial charge on any atom is -0.465 e. The van der Waals surface area contributed by atoms with Crippen molar-refractivity contribution in [2.75, 3.05) is 31.2 Å². The number of esters is 1. The van der Waals surface area contributed by atoms with Gasteiger partial charge in [0.2, 0.25) is 5.91 Å². The second-order valence-corrected chi connectivity index (χ2v) is 11.6. The number of aliphatic hydroxyl groups is 1. The molecule has 0 radical (unpaired) electrons. The quantitative estimate of drug-likeness (QED) is 0.168. The Morgan fingerprint density at radius 3 is 2.76 bits per heavy atom. The molecule has 10 heteroatoms. The molecule has 3 aliphatic rings. The highest BCUT2D eigenvalue weighted by atomic mass is 79.9. The summed E-state index contributed by atoms with van der Waals surface area (Å²) in [5, 5.41) is 9.95. The Morgan fingerprint density at radius 2 is 2.11 bits per heavy atom. The number of carbonyl (C=O) groups excluding carboxylic acids is 3. The molecule has 3 fully saturated rings. The van der Waals surface area contributed by atoms with E-state index in [0.29, 0.717) is 30.0 Å². The number of carbonyl (C=O) groups is 3. The van der Waals surface area contributed by atoms with Crippen molar-refractivity contribution in [2.24, 2.45) is 11.8 Å². The molecule has 0 saturated carbocycles. The predicted molar refractivity (Wildman–Crippen MR) is 148 cm³/mol. The number of amides is 2. The first-order chi connectivity index (χ1) is 18.2. The minimum absolute atomic E-state index is 0.148. The number of likely N-dealkylation sites (tertiary alicyclic amines) is 1. The standard InChI is InChI=1S/C28H34BrClN2O6/c1-4-6-7-15-37-27(36)20-21-25(34)32(13-9-14-33)24(28(21)16-18(29)23(20)38-28)26(35)31(12-5-2)22-17(3)10-8-11-19(22)30/h4-5,8,10-11,18,20-21,23-24,33H,1-2,6-7,9,12-16H2,3H3/t18?,20-,21+,23-,24?,28?/m1/s1. The average Bonchev–Trinajstić information content (AvgIpc) is 3.47. The summed E-state index contributed by atoms with van der Waals surface area (Å²) in [6, 6.07) is 4.37. The van der Waals surface area contributed by atoms with Crippen LogP contribution in [0.1, 0.15) is 31.2 Å². The minimum atomic E-state index is -1.22. The molecule has 2 amide bonds. The maximum Gasteiger partial charge on any atom is 0.312 e. The largest absolute Gasteiger partial charge is 0.465 e. The Hall–Kier alpha value is -2.20. The molecular formula is C28H34BrClN2O6. The van der Waals surface area contributed by atoms with Gasteiger partial charge in [-0.15, -0.1) is 13.2 Å². The monoisotopic (exact) mass is 608 g/mol. The van der Waals surface area contributed by atoms with Crippen molar-refractivity contribution in [1.29, 1.82) is 0 Å². The predicted octanol–water partition coefficient (Wildman–Crippen LogP) is 3.81. The molecule has 3 unspecified atom stereocenters. The number of rotatable bonds is 12. The van der Waals surface area contributed by atoms with E-state index in [2.05, 4.69) is 29.1 Å². The van der Waals surface area contributed by atoms with Crippen LogP contribution in [0, 0.1) is 18.8 Å². The summed E-state index contributed by atoms with van der Waals surface area (Å²) in [6.07, 6.45) is 4.76. The molecule has 3 heterocycles. The molecule has 1 aromatic carbocycles. The lowest BCUT2D eigenvalue weighted by molar-refractivity contribution is -0.155. The second kappa shape index (κ2) is 11.9. The Kier molecular flexibility index (Phi) is 9.02. The average molecular weight is 610 g/mol. The number of nitrogens with zero attached hydrogens (tertiary/aromatic N) is 2. The lowest BCUT2D eigenvalue weighted by Crippen LogP contribution is -2.57. The maximum atomic E-state index is 14.5. The van der Waals surface area contributed by atoms with Crippen LogP contribution in [-0.2, 0) is 23.9 Å². The van der Waals surface area contributed by atoms with Gasteiger partial charge in [0.1, 0.15) is 11.6 Å². The first-order valence-corrected chi connectivity index (χ1v) is 14.2. The summed E-state index contributed by atoms with van der Waals surface area (Å²) >= 11 is 10.2. The number of benzene rings is 1. The fourth-order valence-corrected chi connectivity index (χ4v) is 7.46. The second-order valence-electron chi connectivity index (χ2n) is 10.0. The van der Waals surface area contributed by atoms with Gasteiger partial charge in [-0.2, -0.15) is 0 Å². The third kappa shape index (κ3) is 4.83. The lowest BCUT2D eigenvalue weighted by atomic mass is 9.70. The van der Waals surface area contributed by atoms with Crippen molar-refractivity contribution >= 4 is 51.0 Å². The van der Waals surface area contributed by atoms with Crippen LogP contribution in [0.2, 0.25) is 5.02 Å². The molecule has 4 rings (SSSR count). The van der Waals surface area contributed by atoms with E-state index in [1.807, 2.05) is 13.0 Å². The van der Waals surface area contributed by atoms with Gasteiger partial charge in [0, 0.05) is 24.5 Å². The van der Waals surface area contributed by atoms with Gasteiger partial charge in [0.25, 0.3) is 5.91 Å². The fourth-order valence-electron chi connectivity index (χ4n) is 6.19. The van der Waals surface area contributed by atoms with Crippen molar-refractivity contribution in [3.05, 3.63) is 54.1 Å². The fraction of sp³-hybridized carbons (Fsp3) is 0.536. The molecule has 1 aromatic rings. The molecule has 8 nitrogen and oxygen atoms in total. The van der Waals surface area contributed by atoms with Gasteiger partial charge in [-0.25, -0.2) is 0 Å². The van der Waals surface area contributed by atoms with Crippen LogP contribution >= 0.6 is 27.5 Å². The summed E-state index contributed by atoms with van der Waals surface area (Å²) < 4.78 is 12.1. The van der Waals surface area contributed by atoms with Crippen LogP contribution in [0.25, 0.3) is 0 Å². The summed E-state index contributed by atoms with van der Waals surface area (Å²) in [6.45, 7) is 9.74. The zero-order chi connectivity index (χ0) is 27.6. The molecule has 206 valence electrons. The Bertz CT molecular complexity index is 1090. The van der Waals surface area contributed by atoms with E-state index in [-0.39, 0.29) is 49.4 Å². The van der Waals surface area contributed by atoms with Crippen LogP contribution in [-0.4, -0.2) is 76.7 Å². The molecule has 3 saturated heterocycles. The number of halogens is 2. The van der Waals surface area contributed by atoms with Crippen LogP contribution in [0.15, 0.2) is 43.5 Å². The molecule has 1 N–H and O–H groups in total. The van der Waals surface area contributed by atoms with Crippen LogP contribution in [0.4, 0.5) is 5.69 Å². The molecule has 38 heavy (non-hydrogen) atoms. The van der Waals surface area contributed by atoms with Crippen molar-refractivity contribution in [1.82, 2.24) is 4.90 Å². The number of alkyl halides is 1. The molecule has 3 aliphatic heterocycles. The van der Waals surface area contributed by atoms with E-state index in [1.54, 1.807) is 24.3 Å². The van der Waals surface area contributed by atoms with E-state index in [4.69, 9.17) is 21.1 Å². The highest BCUT2D eigenvalue weighted by Gasteiger charge is 2.77. The number of hydrogen-bond acceptors (Lipinski definition) is 6. The molecule has 1 spiro atoms. The number of ether oxygens (including phenoxy) is 2. The first kappa shape index (κ1) is 28.8. The van der Waals surface area contributed by atoms with Gasteiger partial charge in [-0.1, -0.05) is 51.8 Å². The Balaban J connectivity index is 1.75. The smallest absolute Gasteiger partial charge is 0.312 e. The number of hydrogen-bond donors (Lipinski definition) is 1. The molecule has 0 aromatic heterocycles. The third-order valence-corrected chi connectivity index (χ3v) is 8.84. The van der Waals surface area contributed by atoms with Crippen LogP contribution < -0.4 is 4.90 Å². The first-order valence-electron chi connectivity index (χ1n) is 12.9. The van der Waals surface area contributed by atoms with Crippen molar-refractivity contribution in [3.8, 4) is 0 Å². The lowest BCUT2D eigenvalue weighted by Gasteiger charge is -2.37. The summed E-state index contributed by atoms with van der Waals surface area (Å²) in [7, 11) is 0. The Labute approximate surface area is 236 Å². The SMILES string of the molecule is C=CCCCOC(=O)[C@H]1[C@@H]2OC3(CC2Br)C(C(=O)N(CC=C)c2c(C)cccc2Cl)N(CCCO)C(=O)[C@H]13. The number of unbranched alkanes of at least 4 members (excludes halogenated alkanes) is 1. The van der Waals surface area contributed by atoms with Crippen molar-refractivity contribution in [3.63, 3.8) is 0 Å². The summed E-state index contributed by atoms with van der Waals surface area (Å²) in [5.41, 5.74) is 0.112. The normalized spacial score (nSPS) is 29.3. The van der Waals surface area contributed by atoms with E-state index >= 15 is 0 Å².